The summed E-state index contributed by atoms with van der Waals surface area (Å²) in [7, 11) is 0. The van der Waals surface area contributed by atoms with Crippen LogP contribution in [0.4, 0.5) is 0 Å². The summed E-state index contributed by atoms with van der Waals surface area (Å²) in [5, 5.41) is 3.36. The molecule has 108 valence electrons. The molecular weight excluding hydrogens is 236 g/mol. The summed E-state index contributed by atoms with van der Waals surface area (Å²) in [4.78, 5) is 4.50. The maximum Gasteiger partial charge on any atom is 0.211 e. The van der Waals surface area contributed by atoms with E-state index in [-0.39, 0.29) is 11.5 Å². The SMILES string of the molecule is CCNC(C)c1ncc(C2(CC(C)C)CCCC2)o1. The number of oxazole rings is 1. The first-order valence-electron chi connectivity index (χ1n) is 7.77. The molecule has 19 heavy (non-hydrogen) atoms. The molecule has 3 nitrogen and oxygen atoms in total. The Kier molecular flexibility index (Phi) is 4.67. The van der Waals surface area contributed by atoms with E-state index in [2.05, 4.69) is 38.0 Å². The van der Waals surface area contributed by atoms with Gasteiger partial charge in [-0.15, -0.1) is 0 Å². The van der Waals surface area contributed by atoms with Crippen molar-refractivity contribution in [1.82, 2.24) is 10.3 Å². The van der Waals surface area contributed by atoms with E-state index in [4.69, 9.17) is 4.42 Å². The summed E-state index contributed by atoms with van der Waals surface area (Å²) < 4.78 is 6.11. The van der Waals surface area contributed by atoms with Crippen LogP contribution in [0.1, 0.15) is 77.5 Å². The number of hydrogen-bond acceptors (Lipinski definition) is 3. The molecule has 1 aromatic rings. The Bertz CT molecular complexity index is 391. The van der Waals surface area contributed by atoms with Crippen molar-refractivity contribution in [3.63, 3.8) is 0 Å². The predicted octanol–water partition coefficient (Wildman–Crippen LogP) is 4.20. The van der Waals surface area contributed by atoms with Crippen molar-refractivity contribution < 1.29 is 4.42 Å². The quantitative estimate of drug-likeness (QED) is 0.836. The number of hydrogen-bond donors (Lipinski definition) is 1. The topological polar surface area (TPSA) is 38.1 Å². The van der Waals surface area contributed by atoms with Crippen molar-refractivity contribution in [2.24, 2.45) is 5.92 Å². The predicted molar refractivity (Wildman–Crippen MR) is 78.2 cm³/mol. The Morgan fingerprint density at radius 2 is 2.00 bits per heavy atom. The average Bonchev–Trinajstić information content (AvgIpc) is 2.97. The Morgan fingerprint density at radius 3 is 2.58 bits per heavy atom. The fourth-order valence-electron chi connectivity index (χ4n) is 3.51. The lowest BCUT2D eigenvalue weighted by atomic mass is 9.77. The lowest BCUT2D eigenvalue weighted by Crippen LogP contribution is -2.23. The van der Waals surface area contributed by atoms with Gasteiger partial charge in [0, 0.05) is 5.41 Å². The van der Waals surface area contributed by atoms with Gasteiger partial charge in [0.2, 0.25) is 5.89 Å². The first kappa shape index (κ1) is 14.6. The summed E-state index contributed by atoms with van der Waals surface area (Å²) in [6.07, 6.45) is 8.37. The van der Waals surface area contributed by atoms with E-state index in [9.17, 15) is 0 Å². The highest BCUT2D eigenvalue weighted by atomic mass is 16.4. The number of rotatable bonds is 6. The van der Waals surface area contributed by atoms with Crippen LogP contribution in [-0.4, -0.2) is 11.5 Å². The molecule has 0 bridgehead atoms. The maximum atomic E-state index is 6.11. The van der Waals surface area contributed by atoms with Gasteiger partial charge >= 0.3 is 0 Å². The highest BCUT2D eigenvalue weighted by Gasteiger charge is 2.39. The Balaban J connectivity index is 2.18. The minimum Gasteiger partial charge on any atom is -0.443 e. The van der Waals surface area contributed by atoms with Crippen molar-refractivity contribution in [3.05, 3.63) is 17.8 Å². The van der Waals surface area contributed by atoms with Crippen molar-refractivity contribution in [3.8, 4) is 0 Å². The lowest BCUT2D eigenvalue weighted by molar-refractivity contribution is 0.270. The summed E-state index contributed by atoms with van der Waals surface area (Å²) in [5.41, 5.74) is 0.255. The van der Waals surface area contributed by atoms with Crippen LogP contribution in [0.3, 0.4) is 0 Å². The summed E-state index contributed by atoms with van der Waals surface area (Å²) in [6, 6.07) is 0.205. The van der Waals surface area contributed by atoms with E-state index in [1.165, 1.54) is 32.1 Å². The normalized spacial score (nSPS) is 20.1. The zero-order valence-corrected chi connectivity index (χ0v) is 12.8. The van der Waals surface area contributed by atoms with Gasteiger partial charge in [0.1, 0.15) is 5.76 Å². The molecule has 0 aromatic carbocycles. The van der Waals surface area contributed by atoms with Crippen molar-refractivity contribution in [2.45, 2.75) is 71.3 Å². The summed E-state index contributed by atoms with van der Waals surface area (Å²) >= 11 is 0. The van der Waals surface area contributed by atoms with Gasteiger partial charge < -0.3 is 9.73 Å². The van der Waals surface area contributed by atoms with Gasteiger partial charge in [0.15, 0.2) is 0 Å². The minimum atomic E-state index is 0.205. The molecule has 1 heterocycles. The van der Waals surface area contributed by atoms with E-state index in [0.717, 1.165) is 18.2 Å². The molecule has 0 amide bonds. The minimum absolute atomic E-state index is 0.205. The highest BCUT2D eigenvalue weighted by Crippen LogP contribution is 2.46. The molecule has 1 N–H and O–H groups in total. The molecule has 0 spiro atoms. The molecule has 2 rings (SSSR count). The molecule has 1 saturated carbocycles. The summed E-state index contributed by atoms with van der Waals surface area (Å²) in [6.45, 7) is 9.77. The number of nitrogens with zero attached hydrogens (tertiary/aromatic N) is 1. The molecule has 3 heteroatoms. The molecule has 1 unspecified atom stereocenters. The van der Waals surface area contributed by atoms with Gasteiger partial charge in [-0.25, -0.2) is 4.98 Å². The van der Waals surface area contributed by atoms with E-state index >= 15 is 0 Å². The fraction of sp³-hybridized carbons (Fsp3) is 0.812. The first-order chi connectivity index (χ1) is 9.07. The van der Waals surface area contributed by atoms with E-state index in [1.807, 2.05) is 6.20 Å². The average molecular weight is 264 g/mol. The van der Waals surface area contributed by atoms with Crippen LogP contribution in [0.15, 0.2) is 10.6 Å². The third-order valence-electron chi connectivity index (χ3n) is 4.29. The Morgan fingerprint density at radius 1 is 1.32 bits per heavy atom. The largest absolute Gasteiger partial charge is 0.443 e. The van der Waals surface area contributed by atoms with Crippen LogP contribution in [0.5, 0.6) is 0 Å². The molecule has 0 saturated heterocycles. The van der Waals surface area contributed by atoms with Crippen LogP contribution in [0, 0.1) is 5.92 Å². The number of nitrogens with one attached hydrogen (secondary N) is 1. The molecule has 0 radical (unpaired) electrons. The third-order valence-corrected chi connectivity index (χ3v) is 4.29. The molecule has 0 aliphatic heterocycles. The van der Waals surface area contributed by atoms with Crippen LogP contribution < -0.4 is 5.32 Å². The molecular formula is C16H28N2O. The van der Waals surface area contributed by atoms with Crippen LogP contribution in [0.2, 0.25) is 0 Å². The Labute approximate surface area is 117 Å². The van der Waals surface area contributed by atoms with Gasteiger partial charge in [-0.2, -0.15) is 0 Å². The van der Waals surface area contributed by atoms with Crippen LogP contribution in [0.25, 0.3) is 0 Å². The summed E-state index contributed by atoms with van der Waals surface area (Å²) in [5.74, 6) is 2.67. The van der Waals surface area contributed by atoms with Gasteiger partial charge in [0.05, 0.1) is 12.2 Å². The highest BCUT2D eigenvalue weighted by molar-refractivity contribution is 5.14. The molecule has 1 fully saturated rings. The van der Waals surface area contributed by atoms with E-state index in [1.54, 1.807) is 0 Å². The van der Waals surface area contributed by atoms with E-state index < -0.39 is 0 Å². The van der Waals surface area contributed by atoms with Crippen molar-refractivity contribution >= 4 is 0 Å². The monoisotopic (exact) mass is 264 g/mol. The van der Waals surface area contributed by atoms with Crippen molar-refractivity contribution in [1.29, 1.82) is 0 Å². The zero-order chi connectivity index (χ0) is 13.9. The second kappa shape index (κ2) is 6.08. The van der Waals surface area contributed by atoms with Gasteiger partial charge in [-0.05, 0) is 38.6 Å². The van der Waals surface area contributed by atoms with Crippen LogP contribution >= 0.6 is 0 Å². The zero-order valence-electron chi connectivity index (χ0n) is 12.8. The number of aromatic nitrogens is 1. The molecule has 1 aromatic heterocycles. The molecule has 1 atom stereocenters. The lowest BCUT2D eigenvalue weighted by Gasteiger charge is -2.28. The molecule has 1 aliphatic carbocycles. The maximum absolute atomic E-state index is 6.11. The van der Waals surface area contributed by atoms with Gasteiger partial charge in [-0.3, -0.25) is 0 Å². The smallest absolute Gasteiger partial charge is 0.211 e. The second-order valence-corrected chi connectivity index (χ2v) is 6.43. The van der Waals surface area contributed by atoms with Crippen LogP contribution in [-0.2, 0) is 5.41 Å². The van der Waals surface area contributed by atoms with Gasteiger partial charge in [0.25, 0.3) is 0 Å². The molecule has 1 aliphatic rings. The third kappa shape index (κ3) is 3.19. The Hall–Kier alpha value is -0.830. The second-order valence-electron chi connectivity index (χ2n) is 6.43. The fourth-order valence-corrected chi connectivity index (χ4v) is 3.51. The van der Waals surface area contributed by atoms with E-state index in [0.29, 0.717) is 5.92 Å². The van der Waals surface area contributed by atoms with Gasteiger partial charge in [-0.1, -0.05) is 33.6 Å². The van der Waals surface area contributed by atoms with Crippen molar-refractivity contribution in [2.75, 3.05) is 6.54 Å². The first-order valence-corrected chi connectivity index (χ1v) is 7.77. The standard InChI is InChI=1S/C16H28N2O/c1-5-17-13(4)15-18-11-14(19-15)16(10-12(2)3)8-6-7-9-16/h11-13,17H,5-10H2,1-4H3.